The molecule has 1 rings (SSSR count). The fourth-order valence-corrected chi connectivity index (χ4v) is 1.52. The predicted molar refractivity (Wildman–Crippen MR) is 52.8 cm³/mol. The molecule has 14 heavy (non-hydrogen) atoms. The molecule has 1 aliphatic heterocycles. The lowest BCUT2D eigenvalue weighted by Gasteiger charge is -2.32. The van der Waals surface area contributed by atoms with Gasteiger partial charge < -0.3 is 10.2 Å². The van der Waals surface area contributed by atoms with Gasteiger partial charge in [0, 0.05) is 39.3 Å². The van der Waals surface area contributed by atoms with Gasteiger partial charge in [-0.05, 0) is 7.05 Å². The van der Waals surface area contributed by atoms with Crippen molar-refractivity contribution in [2.24, 2.45) is 0 Å². The number of alkyl halides is 2. The summed E-state index contributed by atoms with van der Waals surface area (Å²) in [5.41, 5.74) is 0. The molecule has 0 spiro atoms. The molecule has 0 aromatic rings. The lowest BCUT2D eigenvalue weighted by Crippen LogP contribution is -2.46. The number of piperazine rings is 1. The highest BCUT2D eigenvalue weighted by Crippen LogP contribution is 1.97. The summed E-state index contributed by atoms with van der Waals surface area (Å²) in [6.07, 6.45) is -2.23. The largest absolute Gasteiger partial charge is 0.310 e. The predicted octanol–water partition coefficient (Wildman–Crippen LogP) is 0.0885. The maximum absolute atomic E-state index is 11.8. The van der Waals surface area contributed by atoms with E-state index in [2.05, 4.69) is 22.2 Å². The molecule has 1 fully saturated rings. The van der Waals surface area contributed by atoms with Crippen molar-refractivity contribution in [1.29, 1.82) is 0 Å². The molecule has 1 heterocycles. The topological polar surface area (TPSA) is 18.5 Å². The van der Waals surface area contributed by atoms with Gasteiger partial charge in [0.05, 0.1) is 6.54 Å². The number of hydrogen-bond donors (Lipinski definition) is 1. The van der Waals surface area contributed by atoms with E-state index in [1.165, 1.54) is 0 Å². The Morgan fingerprint density at radius 2 is 1.86 bits per heavy atom. The van der Waals surface area contributed by atoms with Crippen LogP contribution in [-0.2, 0) is 0 Å². The minimum absolute atomic E-state index is 0.187. The summed E-state index contributed by atoms with van der Waals surface area (Å²) >= 11 is 0. The second kappa shape index (κ2) is 6.27. The Balaban J connectivity index is 1.96. The highest BCUT2D eigenvalue weighted by atomic mass is 19.3. The van der Waals surface area contributed by atoms with E-state index in [0.29, 0.717) is 6.54 Å². The fourth-order valence-electron chi connectivity index (χ4n) is 1.52. The molecule has 0 amide bonds. The first-order valence-corrected chi connectivity index (χ1v) is 5.08. The molecule has 84 valence electrons. The SMILES string of the molecule is CN1CCN(CCNCC(F)F)CC1. The molecule has 0 bridgehead atoms. The van der Waals surface area contributed by atoms with Crippen molar-refractivity contribution in [1.82, 2.24) is 15.1 Å². The molecule has 0 saturated carbocycles. The van der Waals surface area contributed by atoms with Gasteiger partial charge in [0.15, 0.2) is 0 Å². The molecule has 1 saturated heterocycles. The molecule has 0 atom stereocenters. The number of nitrogens with one attached hydrogen (secondary N) is 1. The van der Waals surface area contributed by atoms with Gasteiger partial charge in [0.25, 0.3) is 6.43 Å². The van der Waals surface area contributed by atoms with Crippen LogP contribution in [0.4, 0.5) is 8.78 Å². The van der Waals surface area contributed by atoms with E-state index < -0.39 is 6.43 Å². The summed E-state index contributed by atoms with van der Waals surface area (Å²) in [5, 5.41) is 2.74. The van der Waals surface area contributed by atoms with Crippen molar-refractivity contribution in [3.05, 3.63) is 0 Å². The number of nitrogens with zero attached hydrogens (tertiary/aromatic N) is 2. The lowest BCUT2D eigenvalue weighted by molar-refractivity contribution is 0.135. The quantitative estimate of drug-likeness (QED) is 0.645. The molecule has 0 radical (unpaired) electrons. The van der Waals surface area contributed by atoms with Crippen LogP contribution in [0.25, 0.3) is 0 Å². The molecular weight excluding hydrogens is 188 g/mol. The second-order valence-electron chi connectivity index (χ2n) is 3.74. The summed E-state index contributed by atoms with van der Waals surface area (Å²) in [5.74, 6) is 0. The van der Waals surface area contributed by atoms with Crippen LogP contribution < -0.4 is 5.32 Å². The molecule has 1 aliphatic rings. The normalized spacial score (nSPS) is 20.6. The van der Waals surface area contributed by atoms with Crippen molar-refractivity contribution in [3.8, 4) is 0 Å². The maximum atomic E-state index is 11.8. The summed E-state index contributed by atoms with van der Waals surface area (Å²) in [7, 11) is 2.10. The highest BCUT2D eigenvalue weighted by Gasteiger charge is 2.12. The first-order chi connectivity index (χ1) is 6.68. The summed E-state index contributed by atoms with van der Waals surface area (Å²) in [4.78, 5) is 4.58. The van der Waals surface area contributed by atoms with Crippen molar-refractivity contribution in [2.45, 2.75) is 6.43 Å². The van der Waals surface area contributed by atoms with Gasteiger partial charge in [-0.1, -0.05) is 0 Å². The second-order valence-corrected chi connectivity index (χ2v) is 3.74. The van der Waals surface area contributed by atoms with Crippen molar-refractivity contribution >= 4 is 0 Å². The molecule has 0 aromatic heterocycles. The molecule has 3 nitrogen and oxygen atoms in total. The standard InChI is InChI=1S/C9H19F2N3/c1-13-4-6-14(7-5-13)3-2-12-8-9(10)11/h9,12H,2-8H2,1H3. The first-order valence-electron chi connectivity index (χ1n) is 5.08. The highest BCUT2D eigenvalue weighted by molar-refractivity contribution is 4.69. The third-order valence-electron chi connectivity index (χ3n) is 2.50. The zero-order chi connectivity index (χ0) is 10.4. The number of halogens is 2. The van der Waals surface area contributed by atoms with Crippen LogP contribution in [0.3, 0.4) is 0 Å². The smallest absolute Gasteiger partial charge is 0.250 e. The number of hydrogen-bond acceptors (Lipinski definition) is 3. The minimum Gasteiger partial charge on any atom is -0.310 e. The van der Waals surface area contributed by atoms with E-state index in [4.69, 9.17) is 0 Å². The molecule has 0 unspecified atom stereocenters. The third-order valence-corrected chi connectivity index (χ3v) is 2.50. The van der Waals surface area contributed by atoms with Crippen molar-refractivity contribution in [3.63, 3.8) is 0 Å². The lowest BCUT2D eigenvalue weighted by atomic mass is 10.3. The van der Waals surface area contributed by atoms with Crippen LogP contribution in [0, 0.1) is 0 Å². The molecule has 0 aliphatic carbocycles. The van der Waals surface area contributed by atoms with Gasteiger partial charge in [-0.15, -0.1) is 0 Å². The van der Waals surface area contributed by atoms with E-state index in [0.717, 1.165) is 32.7 Å². The Labute approximate surface area is 84.1 Å². The van der Waals surface area contributed by atoms with Gasteiger partial charge in [0.1, 0.15) is 0 Å². The van der Waals surface area contributed by atoms with Gasteiger partial charge in [-0.25, -0.2) is 8.78 Å². The Bertz CT molecular complexity index is 147. The Morgan fingerprint density at radius 3 is 2.43 bits per heavy atom. The van der Waals surface area contributed by atoms with Crippen LogP contribution in [0.5, 0.6) is 0 Å². The third kappa shape index (κ3) is 4.83. The van der Waals surface area contributed by atoms with Crippen molar-refractivity contribution < 1.29 is 8.78 Å². The molecule has 5 heteroatoms. The van der Waals surface area contributed by atoms with Crippen LogP contribution in [-0.4, -0.2) is 69.1 Å². The molecular formula is C9H19F2N3. The van der Waals surface area contributed by atoms with Crippen molar-refractivity contribution in [2.75, 3.05) is 52.9 Å². The molecule has 1 N–H and O–H groups in total. The monoisotopic (exact) mass is 207 g/mol. The average molecular weight is 207 g/mol. The van der Waals surface area contributed by atoms with E-state index in [9.17, 15) is 8.78 Å². The van der Waals surface area contributed by atoms with Crippen LogP contribution in [0.1, 0.15) is 0 Å². The van der Waals surface area contributed by atoms with Crippen LogP contribution in [0.2, 0.25) is 0 Å². The summed E-state index contributed by atoms with van der Waals surface area (Å²) in [6.45, 7) is 5.60. The van der Waals surface area contributed by atoms with E-state index >= 15 is 0 Å². The van der Waals surface area contributed by atoms with Gasteiger partial charge in [0.2, 0.25) is 0 Å². The Kier molecular flexibility index (Phi) is 5.29. The van der Waals surface area contributed by atoms with Gasteiger partial charge in [-0.3, -0.25) is 4.90 Å². The van der Waals surface area contributed by atoms with Gasteiger partial charge >= 0.3 is 0 Å². The van der Waals surface area contributed by atoms with E-state index in [-0.39, 0.29) is 6.54 Å². The van der Waals surface area contributed by atoms with E-state index in [1.54, 1.807) is 0 Å². The Hall–Kier alpha value is -0.260. The maximum Gasteiger partial charge on any atom is 0.250 e. The van der Waals surface area contributed by atoms with Gasteiger partial charge in [-0.2, -0.15) is 0 Å². The first kappa shape index (κ1) is 11.8. The fraction of sp³-hybridized carbons (Fsp3) is 1.00. The van der Waals surface area contributed by atoms with E-state index in [1.807, 2.05) is 0 Å². The average Bonchev–Trinajstić information content (AvgIpc) is 2.15. The molecule has 0 aromatic carbocycles. The summed E-state index contributed by atoms with van der Waals surface area (Å²) in [6, 6.07) is 0. The van der Waals surface area contributed by atoms with Crippen LogP contribution in [0.15, 0.2) is 0 Å². The summed E-state index contributed by atoms with van der Waals surface area (Å²) < 4.78 is 23.5. The number of rotatable bonds is 5. The zero-order valence-corrected chi connectivity index (χ0v) is 8.68. The Morgan fingerprint density at radius 1 is 1.21 bits per heavy atom. The minimum atomic E-state index is -2.23. The number of likely N-dealkylation sites (N-methyl/N-ethyl adjacent to an activating group) is 1. The van der Waals surface area contributed by atoms with Crippen LogP contribution >= 0.6 is 0 Å². The zero-order valence-electron chi connectivity index (χ0n) is 8.68.